The van der Waals surface area contributed by atoms with Crippen molar-refractivity contribution < 1.29 is 4.21 Å². The largest absolute Gasteiger partial charge is 0.245 e. The third kappa shape index (κ3) is 1.76. The van der Waals surface area contributed by atoms with Crippen LogP contribution in [0.2, 0.25) is 0 Å². The molecule has 0 aliphatic carbocycles. The van der Waals surface area contributed by atoms with E-state index in [1.807, 2.05) is 0 Å². The Hall–Kier alpha value is -0.460. The van der Waals surface area contributed by atoms with Gasteiger partial charge in [0.25, 0.3) is 0 Å². The number of aryl methyl sites for hydroxylation is 2. The molecule has 0 bridgehead atoms. The summed E-state index contributed by atoms with van der Waals surface area (Å²) in [6.07, 6.45) is 0. The minimum absolute atomic E-state index is 0.384. The smallest absolute Gasteiger partial charge is 0.143 e. The molecule has 0 amide bonds. The molecule has 0 aromatic carbocycles. The molecule has 11 heavy (non-hydrogen) atoms. The molecule has 1 rings (SSSR count). The molecule has 0 radical (unpaired) electrons. The molecule has 0 saturated heterocycles. The highest BCUT2D eigenvalue weighted by Gasteiger charge is 2.11. The van der Waals surface area contributed by atoms with Gasteiger partial charge in [-0.3, -0.25) is 0 Å². The van der Waals surface area contributed by atoms with Crippen LogP contribution < -0.4 is 5.14 Å². The van der Waals surface area contributed by atoms with Gasteiger partial charge in [-0.1, -0.05) is 0 Å². The molecule has 0 aliphatic heterocycles. The van der Waals surface area contributed by atoms with Crippen LogP contribution in [0.1, 0.15) is 10.7 Å². The fraction of sp³-hybridized carbons (Fsp3) is 0.400. The van der Waals surface area contributed by atoms with E-state index in [0.717, 1.165) is 5.01 Å². The molecule has 3 N–H and O–H groups in total. The summed E-state index contributed by atoms with van der Waals surface area (Å²) in [4.78, 5) is 4.02. The summed E-state index contributed by atoms with van der Waals surface area (Å²) in [5.74, 6) is 0. The maximum absolute atomic E-state index is 11.0. The molecule has 62 valence electrons. The highest BCUT2D eigenvalue weighted by atomic mass is 32.2. The molecule has 0 saturated carbocycles. The normalized spacial score (nSPS) is 16.3. The van der Waals surface area contributed by atoms with Gasteiger partial charge in [0.1, 0.15) is 14.1 Å². The van der Waals surface area contributed by atoms with Crippen LogP contribution in [0.15, 0.2) is 4.21 Å². The molecular weight excluding hydrogens is 182 g/mol. The van der Waals surface area contributed by atoms with Gasteiger partial charge in [-0.05, 0) is 13.8 Å². The molecule has 0 fully saturated rings. The zero-order valence-electron chi connectivity index (χ0n) is 6.25. The Kier molecular flexibility index (Phi) is 2.00. The highest BCUT2D eigenvalue weighted by Crippen LogP contribution is 2.21. The van der Waals surface area contributed by atoms with Crippen LogP contribution in [0.3, 0.4) is 0 Å². The number of hydrogen-bond acceptors (Lipinski definition) is 4. The lowest BCUT2D eigenvalue weighted by Gasteiger charge is -1.94. The van der Waals surface area contributed by atoms with Crippen molar-refractivity contribution in [1.82, 2.24) is 4.98 Å². The van der Waals surface area contributed by atoms with E-state index in [4.69, 9.17) is 9.92 Å². The van der Waals surface area contributed by atoms with Gasteiger partial charge < -0.3 is 0 Å². The average Bonchev–Trinajstić information content (AvgIpc) is 2.08. The van der Waals surface area contributed by atoms with Crippen LogP contribution in [0.4, 0.5) is 0 Å². The molecule has 1 aromatic rings. The molecular formula is C5H9N3OS2. The van der Waals surface area contributed by atoms with Gasteiger partial charge >= 0.3 is 0 Å². The number of nitrogens with zero attached hydrogens (tertiary/aromatic N) is 1. The molecule has 0 aliphatic rings. The molecule has 6 heteroatoms. The Labute approximate surface area is 69.6 Å². The second-order valence-electron chi connectivity index (χ2n) is 2.21. The monoisotopic (exact) mass is 191 g/mol. The van der Waals surface area contributed by atoms with E-state index in [0.29, 0.717) is 9.90 Å². The minimum atomic E-state index is -3.06. The molecule has 4 nitrogen and oxygen atoms in total. The van der Waals surface area contributed by atoms with Crippen molar-refractivity contribution in [3.8, 4) is 0 Å². The van der Waals surface area contributed by atoms with E-state index in [9.17, 15) is 4.21 Å². The van der Waals surface area contributed by atoms with Crippen molar-refractivity contribution in [2.45, 2.75) is 18.1 Å². The summed E-state index contributed by atoms with van der Waals surface area (Å²) in [6, 6.07) is 0. The summed E-state index contributed by atoms with van der Waals surface area (Å²) in [5, 5.41) is 5.93. The third-order valence-electron chi connectivity index (χ3n) is 1.14. The van der Waals surface area contributed by atoms with Gasteiger partial charge in [-0.25, -0.2) is 19.1 Å². The van der Waals surface area contributed by atoms with E-state index in [1.165, 1.54) is 11.3 Å². The van der Waals surface area contributed by atoms with Crippen molar-refractivity contribution in [3.63, 3.8) is 0 Å². The Morgan fingerprint density at radius 3 is 2.36 bits per heavy atom. The first-order valence-electron chi connectivity index (χ1n) is 2.92. The highest BCUT2D eigenvalue weighted by molar-refractivity contribution is 7.92. The lowest BCUT2D eigenvalue weighted by atomic mass is 10.6. The zero-order valence-corrected chi connectivity index (χ0v) is 7.88. The van der Waals surface area contributed by atoms with Crippen molar-refractivity contribution in [3.05, 3.63) is 10.7 Å². The van der Waals surface area contributed by atoms with Crippen LogP contribution >= 0.6 is 11.3 Å². The van der Waals surface area contributed by atoms with Gasteiger partial charge in [0.15, 0.2) is 0 Å². The van der Waals surface area contributed by atoms with E-state index in [-0.39, 0.29) is 0 Å². The van der Waals surface area contributed by atoms with Gasteiger partial charge in [-0.15, -0.1) is 11.3 Å². The second kappa shape index (κ2) is 2.54. The standard InChI is InChI=1S/C5H9N3OS2/c1-3-5(11(6,7)9)10-4(2)8-3/h1-2H3,(H3,6,7,9). The van der Waals surface area contributed by atoms with Crippen molar-refractivity contribution in [1.29, 1.82) is 4.78 Å². The zero-order chi connectivity index (χ0) is 8.65. The van der Waals surface area contributed by atoms with Crippen LogP contribution in [-0.2, 0) is 9.92 Å². The Morgan fingerprint density at radius 2 is 2.18 bits per heavy atom. The van der Waals surface area contributed by atoms with Gasteiger partial charge in [0.2, 0.25) is 0 Å². The molecule has 1 heterocycles. The van der Waals surface area contributed by atoms with Gasteiger partial charge in [0, 0.05) is 0 Å². The summed E-state index contributed by atoms with van der Waals surface area (Å²) in [7, 11) is -3.06. The maximum atomic E-state index is 11.0. The van der Waals surface area contributed by atoms with Crippen LogP contribution in [-0.4, -0.2) is 9.19 Å². The fourth-order valence-electron chi connectivity index (χ4n) is 0.794. The van der Waals surface area contributed by atoms with Crippen LogP contribution in [0, 0.1) is 18.6 Å². The predicted molar refractivity (Wildman–Crippen MR) is 44.9 cm³/mol. The number of hydrogen-bond donors (Lipinski definition) is 2. The molecule has 1 aromatic heterocycles. The SMILES string of the molecule is Cc1nc(C)c(S(=N)(N)=O)s1. The number of thiazole rings is 1. The summed E-state index contributed by atoms with van der Waals surface area (Å²) in [6.45, 7) is 3.51. The topological polar surface area (TPSA) is 79.8 Å². The molecule has 1 atom stereocenters. The first-order valence-corrected chi connectivity index (χ1v) is 5.35. The lowest BCUT2D eigenvalue weighted by Crippen LogP contribution is -2.09. The van der Waals surface area contributed by atoms with Crippen molar-refractivity contribution in [2.75, 3.05) is 0 Å². The molecule has 1 unspecified atom stereocenters. The predicted octanol–water partition coefficient (Wildman–Crippen LogP) is 1.04. The van der Waals surface area contributed by atoms with E-state index < -0.39 is 9.92 Å². The summed E-state index contributed by atoms with van der Waals surface area (Å²) >= 11 is 1.22. The van der Waals surface area contributed by atoms with Crippen molar-refractivity contribution >= 4 is 21.3 Å². The number of aromatic nitrogens is 1. The van der Waals surface area contributed by atoms with E-state index in [1.54, 1.807) is 13.8 Å². The van der Waals surface area contributed by atoms with Crippen molar-refractivity contribution in [2.24, 2.45) is 5.14 Å². The van der Waals surface area contributed by atoms with E-state index in [2.05, 4.69) is 4.98 Å². The Bertz CT molecular complexity index is 365. The van der Waals surface area contributed by atoms with Gasteiger partial charge in [0.05, 0.1) is 10.7 Å². The van der Waals surface area contributed by atoms with Crippen LogP contribution in [0.5, 0.6) is 0 Å². The quantitative estimate of drug-likeness (QED) is 0.695. The average molecular weight is 191 g/mol. The number of nitrogens with one attached hydrogen (secondary N) is 1. The minimum Gasteiger partial charge on any atom is -0.245 e. The fourth-order valence-corrected chi connectivity index (χ4v) is 2.78. The number of nitrogens with two attached hydrogens (primary N) is 1. The maximum Gasteiger partial charge on any atom is 0.143 e. The summed E-state index contributed by atoms with van der Waals surface area (Å²) in [5.41, 5.74) is 0.606. The Morgan fingerprint density at radius 1 is 1.64 bits per heavy atom. The third-order valence-corrected chi connectivity index (χ3v) is 3.84. The first kappa shape index (κ1) is 8.63. The van der Waals surface area contributed by atoms with Crippen LogP contribution in [0.25, 0.3) is 0 Å². The number of rotatable bonds is 1. The Balaban J connectivity index is 3.36. The van der Waals surface area contributed by atoms with E-state index >= 15 is 0 Å². The van der Waals surface area contributed by atoms with Gasteiger partial charge in [-0.2, -0.15) is 0 Å². The molecule has 0 spiro atoms. The lowest BCUT2D eigenvalue weighted by molar-refractivity contribution is 0.677. The second-order valence-corrected chi connectivity index (χ2v) is 5.28. The first-order chi connectivity index (χ1) is 4.91. The summed E-state index contributed by atoms with van der Waals surface area (Å²) < 4.78 is 18.5.